The van der Waals surface area contributed by atoms with E-state index in [0.717, 1.165) is 18.9 Å². The van der Waals surface area contributed by atoms with Crippen molar-refractivity contribution in [1.29, 1.82) is 0 Å². The number of aliphatic imine (C=N–C) groups is 1. The van der Waals surface area contributed by atoms with Gasteiger partial charge in [-0.2, -0.15) is 0 Å². The molecule has 6 heteroatoms. The molecule has 130 valence electrons. The lowest BCUT2D eigenvalue weighted by molar-refractivity contribution is -0.121. The molecule has 0 bridgehead atoms. The van der Waals surface area contributed by atoms with Crippen molar-refractivity contribution in [3.8, 4) is 0 Å². The van der Waals surface area contributed by atoms with Crippen molar-refractivity contribution < 1.29 is 4.79 Å². The lowest BCUT2D eigenvalue weighted by atomic mass is 10.0. The molecule has 3 N–H and O–H groups in total. The third kappa shape index (κ3) is 10.2. The molecule has 0 heterocycles. The Morgan fingerprint density at radius 1 is 1.05 bits per heavy atom. The summed E-state index contributed by atoms with van der Waals surface area (Å²) in [7, 11) is 1.77. The van der Waals surface area contributed by atoms with Crippen LogP contribution in [0.2, 0.25) is 0 Å². The third-order valence-corrected chi connectivity index (χ3v) is 3.98. The highest BCUT2D eigenvalue weighted by Crippen LogP contribution is 2.27. The maximum Gasteiger partial charge on any atom is 0.220 e. The monoisotopic (exact) mass is 424 g/mol. The minimum Gasteiger partial charge on any atom is -0.356 e. The molecule has 0 aromatic rings. The predicted octanol–water partition coefficient (Wildman–Crippen LogP) is 2.66. The Bertz CT molecular complexity index is 317. The maximum atomic E-state index is 11.8. The number of hydrogen-bond donors (Lipinski definition) is 3. The Labute approximate surface area is 152 Å². The minimum absolute atomic E-state index is 0. The number of nitrogens with one attached hydrogen (secondary N) is 3. The maximum absolute atomic E-state index is 11.8. The fourth-order valence-electron chi connectivity index (χ4n) is 2.73. The van der Waals surface area contributed by atoms with E-state index in [1.165, 1.54) is 38.5 Å². The van der Waals surface area contributed by atoms with Crippen LogP contribution in [-0.4, -0.2) is 38.5 Å². The second kappa shape index (κ2) is 14.1. The van der Waals surface area contributed by atoms with Crippen LogP contribution in [0.1, 0.15) is 58.3 Å². The number of carbonyl (C=O) groups is 1. The summed E-state index contributed by atoms with van der Waals surface area (Å²) in [6.07, 6.45) is 9.35. The first-order valence-electron chi connectivity index (χ1n) is 8.47. The van der Waals surface area contributed by atoms with Crippen molar-refractivity contribution in [2.24, 2.45) is 10.9 Å². The fraction of sp³-hybridized carbons (Fsp3) is 0.875. The average molecular weight is 424 g/mol. The molecule has 0 spiro atoms. The summed E-state index contributed by atoms with van der Waals surface area (Å²) in [6.45, 7) is 4.51. The van der Waals surface area contributed by atoms with E-state index in [0.29, 0.717) is 25.4 Å². The van der Waals surface area contributed by atoms with Gasteiger partial charge in [0.2, 0.25) is 5.91 Å². The van der Waals surface area contributed by atoms with E-state index in [1.807, 2.05) is 0 Å². The van der Waals surface area contributed by atoms with Gasteiger partial charge in [0.15, 0.2) is 5.96 Å². The molecule has 0 aromatic carbocycles. The van der Waals surface area contributed by atoms with Gasteiger partial charge in [-0.15, -0.1) is 24.0 Å². The largest absolute Gasteiger partial charge is 0.356 e. The van der Waals surface area contributed by atoms with Crippen LogP contribution >= 0.6 is 24.0 Å². The first-order chi connectivity index (χ1) is 10.3. The number of nitrogens with zero attached hydrogens (tertiary/aromatic N) is 1. The molecule has 1 aliphatic carbocycles. The zero-order valence-corrected chi connectivity index (χ0v) is 16.4. The number of halogens is 1. The van der Waals surface area contributed by atoms with Crippen molar-refractivity contribution in [1.82, 2.24) is 16.0 Å². The number of rotatable bonds is 9. The van der Waals surface area contributed by atoms with Gasteiger partial charge in [-0.1, -0.05) is 32.6 Å². The predicted molar refractivity (Wildman–Crippen MR) is 104 cm³/mol. The highest BCUT2D eigenvalue weighted by atomic mass is 127. The van der Waals surface area contributed by atoms with Gasteiger partial charge in [-0.25, -0.2) is 0 Å². The van der Waals surface area contributed by atoms with Crippen LogP contribution in [0.15, 0.2) is 4.99 Å². The van der Waals surface area contributed by atoms with Crippen molar-refractivity contribution in [2.75, 3.05) is 26.7 Å². The molecule has 1 rings (SSSR count). The Morgan fingerprint density at radius 3 is 2.32 bits per heavy atom. The average Bonchev–Trinajstić information content (AvgIpc) is 2.98. The van der Waals surface area contributed by atoms with Crippen LogP contribution < -0.4 is 16.0 Å². The molecular weight excluding hydrogens is 391 g/mol. The topological polar surface area (TPSA) is 65.5 Å². The van der Waals surface area contributed by atoms with E-state index in [1.54, 1.807) is 7.05 Å². The van der Waals surface area contributed by atoms with Crippen LogP contribution in [0.5, 0.6) is 0 Å². The second-order valence-corrected chi connectivity index (χ2v) is 5.84. The van der Waals surface area contributed by atoms with Gasteiger partial charge in [-0.05, 0) is 25.2 Å². The second-order valence-electron chi connectivity index (χ2n) is 5.84. The number of guanidine groups is 1. The number of hydrogen-bond acceptors (Lipinski definition) is 2. The molecule has 1 saturated carbocycles. The SMILES string of the molecule is CCCCCNC(=NC)NCCNC(=O)CC1CCCC1.I. The molecule has 1 aliphatic rings. The summed E-state index contributed by atoms with van der Waals surface area (Å²) < 4.78 is 0. The molecule has 1 fully saturated rings. The Morgan fingerprint density at radius 2 is 1.68 bits per heavy atom. The van der Waals surface area contributed by atoms with Crippen LogP contribution in [0.25, 0.3) is 0 Å². The molecule has 0 unspecified atom stereocenters. The number of unbranched alkanes of at least 4 members (excludes halogenated alkanes) is 2. The summed E-state index contributed by atoms with van der Waals surface area (Å²) in [5, 5.41) is 9.48. The van der Waals surface area contributed by atoms with Crippen LogP contribution in [0, 0.1) is 5.92 Å². The normalized spacial score (nSPS) is 15.3. The zero-order valence-electron chi connectivity index (χ0n) is 14.1. The Balaban J connectivity index is 0.00000441. The number of carbonyl (C=O) groups excluding carboxylic acids is 1. The van der Waals surface area contributed by atoms with E-state index in [-0.39, 0.29) is 29.9 Å². The summed E-state index contributed by atoms with van der Waals surface area (Å²) >= 11 is 0. The number of amides is 1. The molecule has 0 radical (unpaired) electrons. The highest BCUT2D eigenvalue weighted by Gasteiger charge is 2.17. The first-order valence-corrected chi connectivity index (χ1v) is 8.47. The Hall–Kier alpha value is -0.530. The zero-order chi connectivity index (χ0) is 15.3. The smallest absolute Gasteiger partial charge is 0.220 e. The molecular formula is C16H33IN4O. The first kappa shape index (κ1) is 21.5. The fourth-order valence-corrected chi connectivity index (χ4v) is 2.73. The van der Waals surface area contributed by atoms with E-state index >= 15 is 0 Å². The van der Waals surface area contributed by atoms with E-state index in [9.17, 15) is 4.79 Å². The molecule has 5 nitrogen and oxygen atoms in total. The summed E-state index contributed by atoms with van der Waals surface area (Å²) in [5.41, 5.74) is 0. The van der Waals surface area contributed by atoms with Gasteiger partial charge in [-0.3, -0.25) is 9.79 Å². The minimum atomic E-state index is 0. The van der Waals surface area contributed by atoms with Crippen LogP contribution in [-0.2, 0) is 4.79 Å². The van der Waals surface area contributed by atoms with E-state index in [2.05, 4.69) is 27.9 Å². The van der Waals surface area contributed by atoms with Crippen LogP contribution in [0.3, 0.4) is 0 Å². The van der Waals surface area contributed by atoms with Crippen molar-refractivity contribution in [3.63, 3.8) is 0 Å². The quantitative estimate of drug-likeness (QED) is 0.231. The van der Waals surface area contributed by atoms with Gasteiger partial charge < -0.3 is 16.0 Å². The van der Waals surface area contributed by atoms with E-state index < -0.39 is 0 Å². The van der Waals surface area contributed by atoms with Gasteiger partial charge >= 0.3 is 0 Å². The third-order valence-electron chi connectivity index (χ3n) is 3.98. The lowest BCUT2D eigenvalue weighted by Crippen LogP contribution is -2.41. The summed E-state index contributed by atoms with van der Waals surface area (Å²) in [6, 6.07) is 0. The molecule has 0 aliphatic heterocycles. The lowest BCUT2D eigenvalue weighted by Gasteiger charge is -2.13. The van der Waals surface area contributed by atoms with Gasteiger partial charge in [0.1, 0.15) is 0 Å². The van der Waals surface area contributed by atoms with Gasteiger partial charge in [0.25, 0.3) is 0 Å². The van der Waals surface area contributed by atoms with Crippen molar-refractivity contribution >= 4 is 35.8 Å². The molecule has 0 atom stereocenters. The van der Waals surface area contributed by atoms with E-state index in [4.69, 9.17) is 0 Å². The molecule has 0 aromatic heterocycles. The highest BCUT2D eigenvalue weighted by molar-refractivity contribution is 14.0. The van der Waals surface area contributed by atoms with Gasteiger partial charge in [0, 0.05) is 33.1 Å². The van der Waals surface area contributed by atoms with Crippen molar-refractivity contribution in [2.45, 2.75) is 58.3 Å². The Kier molecular flexibility index (Phi) is 13.7. The summed E-state index contributed by atoms with van der Waals surface area (Å²) in [5.74, 6) is 1.62. The molecule has 0 saturated heterocycles. The summed E-state index contributed by atoms with van der Waals surface area (Å²) in [4.78, 5) is 15.9. The molecule has 22 heavy (non-hydrogen) atoms. The van der Waals surface area contributed by atoms with Crippen molar-refractivity contribution in [3.05, 3.63) is 0 Å². The van der Waals surface area contributed by atoms with Crippen LogP contribution in [0.4, 0.5) is 0 Å². The van der Waals surface area contributed by atoms with Gasteiger partial charge in [0.05, 0.1) is 0 Å². The molecule has 1 amide bonds. The standard InChI is InChI=1S/C16H32N4O.HI/c1-3-4-7-10-19-16(17-2)20-12-11-18-15(21)13-14-8-5-6-9-14;/h14H,3-13H2,1-2H3,(H,18,21)(H2,17,19,20);1H.